The number of anilines is 1. The van der Waals surface area contributed by atoms with Gasteiger partial charge < -0.3 is 9.64 Å². The van der Waals surface area contributed by atoms with E-state index in [1.165, 1.54) is 4.31 Å². The number of ether oxygens (including phenoxy) is 1. The summed E-state index contributed by atoms with van der Waals surface area (Å²) in [5.41, 5.74) is 0. The highest BCUT2D eigenvalue weighted by molar-refractivity contribution is 7.86. The highest BCUT2D eigenvalue weighted by atomic mass is 32.2. The van der Waals surface area contributed by atoms with Crippen LogP contribution in [0.2, 0.25) is 0 Å². The molecule has 3 heterocycles. The molecule has 0 amide bonds. The summed E-state index contributed by atoms with van der Waals surface area (Å²) in [6.07, 6.45) is 2.57. The van der Waals surface area contributed by atoms with Gasteiger partial charge in [0.15, 0.2) is 0 Å². The molecule has 2 saturated heterocycles. The van der Waals surface area contributed by atoms with Crippen molar-refractivity contribution in [1.29, 1.82) is 0 Å². The van der Waals surface area contributed by atoms with E-state index in [1.54, 1.807) is 10.5 Å². The van der Waals surface area contributed by atoms with Crippen molar-refractivity contribution in [3.63, 3.8) is 0 Å². The van der Waals surface area contributed by atoms with Crippen molar-refractivity contribution in [3.05, 3.63) is 24.4 Å². The van der Waals surface area contributed by atoms with Crippen molar-refractivity contribution in [2.24, 2.45) is 0 Å². The fourth-order valence-electron chi connectivity index (χ4n) is 2.84. The lowest BCUT2D eigenvalue weighted by atomic mass is 10.3. The molecule has 1 aromatic heterocycles. The molecule has 0 aromatic carbocycles. The largest absolute Gasteiger partial charge is 0.379 e. The minimum Gasteiger partial charge on any atom is -0.379 e. The molecule has 0 saturated carbocycles. The van der Waals surface area contributed by atoms with Crippen LogP contribution in [-0.2, 0) is 14.9 Å². The van der Waals surface area contributed by atoms with Crippen molar-refractivity contribution in [3.8, 4) is 0 Å². The zero-order chi connectivity index (χ0) is 15.4. The van der Waals surface area contributed by atoms with Crippen LogP contribution in [0.25, 0.3) is 0 Å². The van der Waals surface area contributed by atoms with Gasteiger partial charge in [0.1, 0.15) is 5.82 Å². The minimum atomic E-state index is -3.37. The molecule has 7 nitrogen and oxygen atoms in total. The smallest absolute Gasteiger partial charge is 0.282 e. The van der Waals surface area contributed by atoms with Gasteiger partial charge in [-0.15, -0.1) is 0 Å². The van der Waals surface area contributed by atoms with E-state index in [0.29, 0.717) is 45.9 Å². The Morgan fingerprint density at radius 3 is 2.45 bits per heavy atom. The standard InChI is InChI=1S/C14H22N4O3S/c19-22(20,18-10-12-21-13-11-18)17-7-3-6-16(8-9-17)14-4-1-2-5-15-14/h1-2,4-5H,3,6-13H2. The lowest BCUT2D eigenvalue weighted by Crippen LogP contribution is -2.49. The van der Waals surface area contributed by atoms with Crippen molar-refractivity contribution in [2.75, 3.05) is 57.4 Å². The van der Waals surface area contributed by atoms with Crippen molar-refractivity contribution in [1.82, 2.24) is 13.6 Å². The predicted molar refractivity (Wildman–Crippen MR) is 84.0 cm³/mol. The summed E-state index contributed by atoms with van der Waals surface area (Å²) >= 11 is 0. The molecule has 1 aromatic rings. The predicted octanol–water partition coefficient (Wildman–Crippen LogP) is 0.171. The third-order valence-electron chi connectivity index (χ3n) is 4.05. The first-order valence-corrected chi connectivity index (χ1v) is 9.06. The second-order valence-corrected chi connectivity index (χ2v) is 7.38. The van der Waals surface area contributed by atoms with E-state index in [2.05, 4.69) is 9.88 Å². The molecule has 0 atom stereocenters. The Balaban J connectivity index is 1.67. The van der Waals surface area contributed by atoms with Crippen LogP contribution in [0.3, 0.4) is 0 Å². The molecule has 0 N–H and O–H groups in total. The molecule has 2 aliphatic heterocycles. The zero-order valence-electron chi connectivity index (χ0n) is 12.6. The van der Waals surface area contributed by atoms with Crippen LogP contribution in [0.15, 0.2) is 24.4 Å². The van der Waals surface area contributed by atoms with E-state index in [4.69, 9.17) is 4.74 Å². The molecule has 122 valence electrons. The number of rotatable bonds is 3. The van der Waals surface area contributed by atoms with Gasteiger partial charge in [0, 0.05) is 45.5 Å². The number of aromatic nitrogens is 1. The first-order valence-electron chi connectivity index (χ1n) is 7.67. The van der Waals surface area contributed by atoms with E-state index in [-0.39, 0.29) is 0 Å². The van der Waals surface area contributed by atoms with E-state index in [1.807, 2.05) is 18.2 Å². The summed E-state index contributed by atoms with van der Waals surface area (Å²) in [5.74, 6) is 0.910. The van der Waals surface area contributed by atoms with Gasteiger partial charge in [0.05, 0.1) is 13.2 Å². The average Bonchev–Trinajstić information content (AvgIpc) is 2.83. The fourth-order valence-corrected chi connectivity index (χ4v) is 4.44. The molecule has 2 aliphatic rings. The zero-order valence-corrected chi connectivity index (χ0v) is 13.4. The number of morpholine rings is 1. The second kappa shape index (κ2) is 6.91. The Hall–Kier alpha value is -1.22. The summed E-state index contributed by atoms with van der Waals surface area (Å²) in [6, 6.07) is 5.80. The highest BCUT2D eigenvalue weighted by Crippen LogP contribution is 2.17. The molecular weight excluding hydrogens is 304 g/mol. The molecule has 0 spiro atoms. The van der Waals surface area contributed by atoms with Gasteiger partial charge in [-0.25, -0.2) is 4.98 Å². The molecule has 22 heavy (non-hydrogen) atoms. The Bertz CT molecular complexity index is 575. The maximum absolute atomic E-state index is 12.7. The molecule has 8 heteroatoms. The van der Waals surface area contributed by atoms with Crippen molar-refractivity contribution in [2.45, 2.75) is 6.42 Å². The molecule has 0 unspecified atom stereocenters. The summed E-state index contributed by atoms with van der Waals surface area (Å²) in [6.45, 7) is 4.40. The van der Waals surface area contributed by atoms with Crippen LogP contribution >= 0.6 is 0 Å². The Morgan fingerprint density at radius 2 is 1.73 bits per heavy atom. The SMILES string of the molecule is O=S(=O)(N1CCOCC1)N1CCCN(c2ccccn2)CC1. The third-order valence-corrected chi connectivity index (χ3v) is 6.09. The number of pyridine rings is 1. The normalized spacial score (nSPS) is 22.5. The lowest BCUT2D eigenvalue weighted by molar-refractivity contribution is 0.0703. The molecule has 0 radical (unpaired) electrons. The van der Waals surface area contributed by atoms with Gasteiger partial charge in [-0.3, -0.25) is 0 Å². The number of hydrogen-bond donors (Lipinski definition) is 0. The summed E-state index contributed by atoms with van der Waals surface area (Å²) < 4.78 is 33.8. The van der Waals surface area contributed by atoms with Crippen LogP contribution in [-0.4, -0.2) is 74.5 Å². The fraction of sp³-hybridized carbons (Fsp3) is 0.643. The van der Waals surface area contributed by atoms with Gasteiger partial charge in [-0.05, 0) is 18.6 Å². The van der Waals surface area contributed by atoms with Crippen LogP contribution in [0.1, 0.15) is 6.42 Å². The van der Waals surface area contributed by atoms with E-state index >= 15 is 0 Å². The van der Waals surface area contributed by atoms with Gasteiger partial charge in [0.2, 0.25) is 0 Å². The van der Waals surface area contributed by atoms with E-state index < -0.39 is 10.2 Å². The Kier molecular flexibility index (Phi) is 4.92. The number of nitrogens with zero attached hydrogens (tertiary/aromatic N) is 4. The first-order chi connectivity index (χ1) is 10.7. The Morgan fingerprint density at radius 1 is 0.955 bits per heavy atom. The van der Waals surface area contributed by atoms with E-state index in [9.17, 15) is 8.42 Å². The summed E-state index contributed by atoms with van der Waals surface area (Å²) in [7, 11) is -3.37. The monoisotopic (exact) mass is 326 g/mol. The molecular formula is C14H22N4O3S. The third kappa shape index (κ3) is 3.40. The van der Waals surface area contributed by atoms with Crippen LogP contribution < -0.4 is 4.90 Å². The van der Waals surface area contributed by atoms with Crippen molar-refractivity contribution < 1.29 is 13.2 Å². The molecule has 3 rings (SSSR count). The van der Waals surface area contributed by atoms with Gasteiger partial charge in [0.25, 0.3) is 10.2 Å². The Labute approximate surface area is 131 Å². The summed E-state index contributed by atoms with van der Waals surface area (Å²) in [4.78, 5) is 6.50. The van der Waals surface area contributed by atoms with Crippen LogP contribution in [0.4, 0.5) is 5.82 Å². The van der Waals surface area contributed by atoms with Gasteiger partial charge in [-0.2, -0.15) is 17.0 Å². The number of hydrogen-bond acceptors (Lipinski definition) is 5. The topological polar surface area (TPSA) is 66.0 Å². The first kappa shape index (κ1) is 15.7. The van der Waals surface area contributed by atoms with Gasteiger partial charge >= 0.3 is 0 Å². The van der Waals surface area contributed by atoms with Crippen LogP contribution in [0, 0.1) is 0 Å². The van der Waals surface area contributed by atoms with Crippen molar-refractivity contribution >= 4 is 16.0 Å². The molecule has 0 aliphatic carbocycles. The molecule has 0 bridgehead atoms. The van der Waals surface area contributed by atoms with Crippen LogP contribution in [0.5, 0.6) is 0 Å². The minimum absolute atomic E-state index is 0.447. The highest BCUT2D eigenvalue weighted by Gasteiger charge is 2.32. The second-order valence-electron chi connectivity index (χ2n) is 5.45. The summed E-state index contributed by atoms with van der Waals surface area (Å²) in [5, 5.41) is 0. The lowest BCUT2D eigenvalue weighted by Gasteiger charge is -2.31. The average molecular weight is 326 g/mol. The van der Waals surface area contributed by atoms with Gasteiger partial charge in [-0.1, -0.05) is 6.07 Å². The maximum Gasteiger partial charge on any atom is 0.282 e. The van der Waals surface area contributed by atoms with E-state index in [0.717, 1.165) is 18.8 Å². The molecule has 2 fully saturated rings. The maximum atomic E-state index is 12.7. The quantitative estimate of drug-likeness (QED) is 0.792.